The van der Waals surface area contributed by atoms with Crippen molar-refractivity contribution in [3.8, 4) is 5.75 Å². The van der Waals surface area contributed by atoms with Crippen LogP contribution in [-0.4, -0.2) is 31.8 Å². The molecule has 0 bridgehead atoms. The number of benzene rings is 1. The molecule has 0 radical (unpaired) electrons. The van der Waals surface area contributed by atoms with Crippen LogP contribution in [0.15, 0.2) is 24.3 Å². The monoisotopic (exact) mass is 276 g/mol. The SMILES string of the molecule is CCNC1CCCN(c2cccc(OC(C)CC)c2)C1. The average molecular weight is 276 g/mol. The molecule has 1 heterocycles. The minimum Gasteiger partial charge on any atom is -0.491 e. The third kappa shape index (κ3) is 4.14. The van der Waals surface area contributed by atoms with Gasteiger partial charge in [0.05, 0.1) is 6.10 Å². The molecule has 3 nitrogen and oxygen atoms in total. The van der Waals surface area contributed by atoms with Crippen molar-refractivity contribution in [1.29, 1.82) is 0 Å². The van der Waals surface area contributed by atoms with Gasteiger partial charge in [-0.2, -0.15) is 0 Å². The number of likely N-dealkylation sites (N-methyl/N-ethyl adjacent to an activating group) is 1. The summed E-state index contributed by atoms with van der Waals surface area (Å²) in [7, 11) is 0. The van der Waals surface area contributed by atoms with Crippen LogP contribution < -0.4 is 15.0 Å². The molecule has 1 aliphatic rings. The van der Waals surface area contributed by atoms with Crippen LogP contribution in [0.5, 0.6) is 5.75 Å². The summed E-state index contributed by atoms with van der Waals surface area (Å²) in [5, 5.41) is 3.57. The molecule has 1 aliphatic heterocycles. The topological polar surface area (TPSA) is 24.5 Å². The normalized spacial score (nSPS) is 20.8. The Morgan fingerprint density at radius 1 is 1.40 bits per heavy atom. The number of rotatable bonds is 6. The lowest BCUT2D eigenvalue weighted by molar-refractivity contribution is 0.217. The molecule has 0 aromatic heterocycles. The fourth-order valence-corrected chi connectivity index (χ4v) is 2.74. The van der Waals surface area contributed by atoms with E-state index in [1.165, 1.54) is 18.5 Å². The van der Waals surface area contributed by atoms with Gasteiger partial charge in [-0.1, -0.05) is 19.9 Å². The van der Waals surface area contributed by atoms with Gasteiger partial charge < -0.3 is 15.0 Å². The summed E-state index contributed by atoms with van der Waals surface area (Å²) in [6.45, 7) is 9.75. The maximum Gasteiger partial charge on any atom is 0.121 e. The fraction of sp³-hybridized carbons (Fsp3) is 0.647. The van der Waals surface area contributed by atoms with Gasteiger partial charge in [-0.3, -0.25) is 0 Å². The Hall–Kier alpha value is -1.22. The minimum atomic E-state index is 0.279. The molecule has 20 heavy (non-hydrogen) atoms. The Bertz CT molecular complexity index is 406. The molecule has 1 fully saturated rings. The summed E-state index contributed by atoms with van der Waals surface area (Å²) in [5.74, 6) is 0.988. The first-order chi connectivity index (χ1) is 9.72. The van der Waals surface area contributed by atoms with Gasteiger partial charge in [0.2, 0.25) is 0 Å². The lowest BCUT2D eigenvalue weighted by Crippen LogP contribution is -2.45. The van der Waals surface area contributed by atoms with Gasteiger partial charge in [0.25, 0.3) is 0 Å². The Kier molecular flexibility index (Phi) is 5.72. The van der Waals surface area contributed by atoms with E-state index in [2.05, 4.69) is 55.3 Å². The van der Waals surface area contributed by atoms with E-state index in [0.717, 1.165) is 31.8 Å². The Balaban J connectivity index is 2.02. The molecular weight excluding hydrogens is 248 g/mol. The summed E-state index contributed by atoms with van der Waals surface area (Å²) < 4.78 is 5.93. The van der Waals surface area contributed by atoms with Gasteiger partial charge >= 0.3 is 0 Å². The first kappa shape index (κ1) is 15.2. The number of anilines is 1. The second-order valence-corrected chi connectivity index (χ2v) is 5.68. The van der Waals surface area contributed by atoms with Gasteiger partial charge in [0.1, 0.15) is 5.75 Å². The highest BCUT2D eigenvalue weighted by atomic mass is 16.5. The molecular formula is C17H28N2O. The Labute approximate surface area is 123 Å². The second kappa shape index (κ2) is 7.53. The predicted octanol–water partition coefficient (Wildman–Crippen LogP) is 3.44. The summed E-state index contributed by atoms with van der Waals surface area (Å²) >= 11 is 0. The highest BCUT2D eigenvalue weighted by Crippen LogP contribution is 2.25. The quantitative estimate of drug-likeness (QED) is 0.861. The molecule has 1 N–H and O–H groups in total. The van der Waals surface area contributed by atoms with Crippen molar-refractivity contribution >= 4 is 5.69 Å². The van der Waals surface area contributed by atoms with Crippen LogP contribution >= 0.6 is 0 Å². The Morgan fingerprint density at radius 3 is 3.00 bits per heavy atom. The molecule has 0 saturated carbocycles. The summed E-state index contributed by atoms with van der Waals surface area (Å²) in [6.07, 6.45) is 3.86. The zero-order valence-corrected chi connectivity index (χ0v) is 13.1. The number of hydrogen-bond donors (Lipinski definition) is 1. The van der Waals surface area contributed by atoms with Crippen LogP contribution in [0.25, 0.3) is 0 Å². The lowest BCUT2D eigenvalue weighted by atomic mass is 10.0. The van der Waals surface area contributed by atoms with E-state index in [1.54, 1.807) is 0 Å². The lowest BCUT2D eigenvalue weighted by Gasteiger charge is -2.35. The van der Waals surface area contributed by atoms with Crippen LogP contribution in [0.1, 0.15) is 40.0 Å². The molecule has 1 aromatic rings. The van der Waals surface area contributed by atoms with Gasteiger partial charge in [0, 0.05) is 30.9 Å². The van der Waals surface area contributed by atoms with Gasteiger partial charge in [0.15, 0.2) is 0 Å². The molecule has 2 atom stereocenters. The van der Waals surface area contributed by atoms with Crippen LogP contribution in [-0.2, 0) is 0 Å². The molecule has 112 valence electrons. The molecule has 0 spiro atoms. The van der Waals surface area contributed by atoms with Crippen molar-refractivity contribution in [1.82, 2.24) is 5.32 Å². The highest BCUT2D eigenvalue weighted by Gasteiger charge is 2.19. The third-order valence-corrected chi connectivity index (χ3v) is 4.01. The van der Waals surface area contributed by atoms with Gasteiger partial charge in [-0.05, 0) is 44.9 Å². The number of ether oxygens (including phenoxy) is 1. The number of piperidine rings is 1. The number of nitrogens with one attached hydrogen (secondary N) is 1. The maximum absolute atomic E-state index is 5.93. The van der Waals surface area contributed by atoms with Crippen molar-refractivity contribution in [2.45, 2.75) is 52.2 Å². The van der Waals surface area contributed by atoms with Crippen LogP contribution in [0.4, 0.5) is 5.69 Å². The number of hydrogen-bond acceptors (Lipinski definition) is 3. The Morgan fingerprint density at radius 2 is 2.25 bits per heavy atom. The van der Waals surface area contributed by atoms with E-state index in [0.29, 0.717) is 6.04 Å². The van der Waals surface area contributed by atoms with Gasteiger partial charge in [-0.25, -0.2) is 0 Å². The predicted molar refractivity (Wildman–Crippen MR) is 85.7 cm³/mol. The second-order valence-electron chi connectivity index (χ2n) is 5.68. The first-order valence-corrected chi connectivity index (χ1v) is 7.98. The molecule has 1 aromatic carbocycles. The average Bonchev–Trinajstić information content (AvgIpc) is 2.48. The van der Waals surface area contributed by atoms with E-state index < -0.39 is 0 Å². The van der Waals surface area contributed by atoms with Crippen LogP contribution in [0.3, 0.4) is 0 Å². The molecule has 0 amide bonds. The fourth-order valence-electron chi connectivity index (χ4n) is 2.74. The van der Waals surface area contributed by atoms with Crippen molar-refractivity contribution in [3.05, 3.63) is 24.3 Å². The zero-order chi connectivity index (χ0) is 14.4. The summed E-state index contributed by atoms with van der Waals surface area (Å²) in [6, 6.07) is 9.15. The third-order valence-electron chi connectivity index (χ3n) is 4.01. The van der Waals surface area contributed by atoms with Crippen molar-refractivity contribution in [2.75, 3.05) is 24.5 Å². The van der Waals surface area contributed by atoms with E-state index in [1.807, 2.05) is 0 Å². The van der Waals surface area contributed by atoms with E-state index >= 15 is 0 Å². The highest BCUT2D eigenvalue weighted by molar-refractivity contribution is 5.51. The largest absolute Gasteiger partial charge is 0.491 e. The van der Waals surface area contributed by atoms with E-state index in [-0.39, 0.29) is 6.10 Å². The number of nitrogens with zero attached hydrogens (tertiary/aromatic N) is 1. The summed E-state index contributed by atoms with van der Waals surface area (Å²) in [5.41, 5.74) is 1.29. The smallest absolute Gasteiger partial charge is 0.121 e. The van der Waals surface area contributed by atoms with E-state index in [9.17, 15) is 0 Å². The molecule has 1 saturated heterocycles. The molecule has 0 aliphatic carbocycles. The standard InChI is InChI=1S/C17H28N2O/c1-4-14(3)20-17-10-6-9-16(12-17)19-11-7-8-15(13-19)18-5-2/h6,9-10,12,14-15,18H,4-5,7-8,11,13H2,1-3H3. The van der Waals surface area contributed by atoms with Crippen molar-refractivity contribution in [2.24, 2.45) is 0 Å². The van der Waals surface area contributed by atoms with Gasteiger partial charge in [-0.15, -0.1) is 0 Å². The molecule has 3 heteroatoms. The molecule has 2 unspecified atom stereocenters. The zero-order valence-electron chi connectivity index (χ0n) is 13.1. The van der Waals surface area contributed by atoms with Crippen LogP contribution in [0.2, 0.25) is 0 Å². The summed E-state index contributed by atoms with van der Waals surface area (Å²) in [4.78, 5) is 2.47. The first-order valence-electron chi connectivity index (χ1n) is 7.98. The minimum absolute atomic E-state index is 0.279. The van der Waals surface area contributed by atoms with Crippen LogP contribution in [0, 0.1) is 0 Å². The van der Waals surface area contributed by atoms with Crippen molar-refractivity contribution < 1.29 is 4.74 Å². The van der Waals surface area contributed by atoms with E-state index in [4.69, 9.17) is 4.74 Å². The maximum atomic E-state index is 5.93. The molecule has 2 rings (SSSR count). The van der Waals surface area contributed by atoms with Crippen molar-refractivity contribution in [3.63, 3.8) is 0 Å².